The highest BCUT2D eigenvalue weighted by atomic mass is 32.2. The molecule has 0 spiro atoms. The summed E-state index contributed by atoms with van der Waals surface area (Å²) in [7, 11) is 1.79. The Labute approximate surface area is 160 Å². The number of thioether (sulfide) groups is 1. The molecule has 0 unspecified atom stereocenters. The van der Waals surface area contributed by atoms with Crippen molar-refractivity contribution in [3.05, 3.63) is 35.6 Å². The molecule has 144 valence electrons. The maximum absolute atomic E-state index is 14.2. The second-order valence-electron chi connectivity index (χ2n) is 7.27. The Morgan fingerprint density at radius 1 is 1.15 bits per heavy atom. The first-order chi connectivity index (χ1) is 12.6. The molecule has 2 fully saturated rings. The molecule has 0 radical (unpaired) electrons. The smallest absolute Gasteiger partial charge is 0.191 e. The molecule has 2 aliphatic rings. The van der Waals surface area contributed by atoms with Crippen molar-refractivity contribution >= 4 is 17.7 Å². The third-order valence-electron chi connectivity index (χ3n) is 5.55. The van der Waals surface area contributed by atoms with Crippen molar-refractivity contribution in [3.8, 4) is 0 Å². The zero-order chi connectivity index (χ0) is 18.5. The number of hydrogen-bond donors (Lipinski definition) is 2. The first-order valence-electron chi connectivity index (χ1n) is 9.54. The summed E-state index contributed by atoms with van der Waals surface area (Å²) in [4.78, 5) is 4.37. The number of halogens is 1. The Bertz CT molecular complexity index is 622. The predicted molar refractivity (Wildman–Crippen MR) is 108 cm³/mol. The second kappa shape index (κ2) is 8.61. The molecule has 1 aliphatic carbocycles. The highest BCUT2D eigenvalue weighted by molar-refractivity contribution is 8.00. The van der Waals surface area contributed by atoms with Gasteiger partial charge < -0.3 is 15.4 Å². The zero-order valence-corrected chi connectivity index (χ0v) is 16.6. The summed E-state index contributed by atoms with van der Waals surface area (Å²) in [6, 6.07) is 7.14. The molecule has 4 nitrogen and oxygen atoms in total. The van der Waals surface area contributed by atoms with E-state index in [9.17, 15) is 4.39 Å². The summed E-state index contributed by atoms with van der Waals surface area (Å²) in [5.41, 5.74) is 0.739. The minimum atomic E-state index is -0.102. The van der Waals surface area contributed by atoms with Crippen molar-refractivity contribution in [2.75, 3.05) is 39.1 Å². The first-order valence-corrected chi connectivity index (χ1v) is 10.5. The van der Waals surface area contributed by atoms with Crippen LogP contribution >= 0.6 is 11.8 Å². The van der Waals surface area contributed by atoms with Crippen LogP contribution in [0.3, 0.4) is 0 Å². The predicted octanol–water partition coefficient (Wildman–Crippen LogP) is 3.32. The SMILES string of the molecule is CCSC1(CNC(=NC)NCC2(c3ccccc3F)CC2)CCOCC1. The van der Waals surface area contributed by atoms with Crippen LogP contribution in [0.1, 0.15) is 38.2 Å². The van der Waals surface area contributed by atoms with Crippen LogP contribution in [0.25, 0.3) is 0 Å². The highest BCUT2D eigenvalue weighted by Gasteiger charge is 2.46. The van der Waals surface area contributed by atoms with Gasteiger partial charge in [0.05, 0.1) is 0 Å². The maximum Gasteiger partial charge on any atom is 0.191 e. The van der Waals surface area contributed by atoms with E-state index < -0.39 is 0 Å². The molecular formula is C20H30FN3OS. The van der Waals surface area contributed by atoms with Gasteiger partial charge in [0.1, 0.15) is 5.82 Å². The van der Waals surface area contributed by atoms with E-state index in [1.807, 2.05) is 23.9 Å². The lowest BCUT2D eigenvalue weighted by Crippen LogP contribution is -2.49. The molecule has 0 bridgehead atoms. The summed E-state index contributed by atoms with van der Waals surface area (Å²) in [6.07, 6.45) is 4.17. The fraction of sp³-hybridized carbons (Fsp3) is 0.650. The minimum absolute atomic E-state index is 0.0858. The summed E-state index contributed by atoms with van der Waals surface area (Å²) < 4.78 is 19.9. The van der Waals surface area contributed by atoms with Gasteiger partial charge in [0.25, 0.3) is 0 Å². The van der Waals surface area contributed by atoms with Crippen LogP contribution < -0.4 is 10.6 Å². The second-order valence-corrected chi connectivity index (χ2v) is 9.00. The molecule has 2 N–H and O–H groups in total. The molecule has 0 amide bonds. The molecule has 1 aromatic carbocycles. The Hall–Kier alpha value is -1.27. The van der Waals surface area contributed by atoms with E-state index in [1.54, 1.807) is 19.2 Å². The van der Waals surface area contributed by atoms with E-state index in [4.69, 9.17) is 4.74 Å². The van der Waals surface area contributed by atoms with Crippen LogP contribution in [-0.4, -0.2) is 49.8 Å². The van der Waals surface area contributed by atoms with Crippen molar-refractivity contribution in [1.29, 1.82) is 0 Å². The average Bonchev–Trinajstić information content (AvgIpc) is 3.44. The highest BCUT2D eigenvalue weighted by Crippen LogP contribution is 2.48. The van der Waals surface area contributed by atoms with Crippen LogP contribution in [0.4, 0.5) is 4.39 Å². The Morgan fingerprint density at radius 3 is 2.46 bits per heavy atom. The van der Waals surface area contributed by atoms with E-state index in [0.29, 0.717) is 6.54 Å². The van der Waals surface area contributed by atoms with E-state index in [2.05, 4.69) is 22.5 Å². The standard InChI is InChI=1S/C20H30FN3OS/c1-3-26-20(10-12-25-13-11-20)15-24-18(22-2)23-14-19(8-9-19)16-6-4-5-7-17(16)21/h4-7H,3,8-15H2,1-2H3,(H2,22,23,24). The van der Waals surface area contributed by atoms with Crippen molar-refractivity contribution in [2.45, 2.75) is 42.8 Å². The molecule has 6 heteroatoms. The molecule has 1 aliphatic heterocycles. The first kappa shape index (κ1) is 19.5. The van der Waals surface area contributed by atoms with Crippen molar-refractivity contribution in [3.63, 3.8) is 0 Å². The van der Waals surface area contributed by atoms with Gasteiger partial charge in [-0.05, 0) is 43.1 Å². The van der Waals surface area contributed by atoms with Gasteiger partial charge in [-0.2, -0.15) is 11.8 Å². The number of nitrogens with zero attached hydrogens (tertiary/aromatic N) is 1. The molecule has 0 aromatic heterocycles. The number of ether oxygens (including phenoxy) is 1. The topological polar surface area (TPSA) is 45.7 Å². The summed E-state index contributed by atoms with van der Waals surface area (Å²) in [6.45, 7) is 5.46. The number of guanidine groups is 1. The van der Waals surface area contributed by atoms with E-state index >= 15 is 0 Å². The van der Waals surface area contributed by atoms with Crippen LogP contribution in [-0.2, 0) is 10.2 Å². The van der Waals surface area contributed by atoms with Crippen LogP contribution in [0.5, 0.6) is 0 Å². The van der Waals surface area contributed by atoms with Crippen LogP contribution in [0, 0.1) is 5.82 Å². The summed E-state index contributed by atoms with van der Waals surface area (Å²) >= 11 is 2.01. The molecule has 1 aromatic rings. The monoisotopic (exact) mass is 379 g/mol. The lowest BCUT2D eigenvalue weighted by Gasteiger charge is -2.37. The van der Waals surface area contributed by atoms with Gasteiger partial charge in [-0.1, -0.05) is 25.1 Å². The number of aliphatic imine (C=N–C) groups is 1. The Morgan fingerprint density at radius 2 is 1.85 bits per heavy atom. The fourth-order valence-corrected chi connectivity index (χ4v) is 4.97. The van der Waals surface area contributed by atoms with E-state index in [0.717, 1.165) is 62.7 Å². The van der Waals surface area contributed by atoms with Gasteiger partial charge >= 0.3 is 0 Å². The molecule has 1 saturated carbocycles. The summed E-state index contributed by atoms with van der Waals surface area (Å²) in [5, 5.41) is 6.93. The third-order valence-corrected chi connectivity index (χ3v) is 7.00. The van der Waals surface area contributed by atoms with Crippen molar-refractivity contribution in [2.24, 2.45) is 4.99 Å². The number of rotatable bonds is 7. The van der Waals surface area contributed by atoms with Crippen molar-refractivity contribution < 1.29 is 9.13 Å². The van der Waals surface area contributed by atoms with Crippen LogP contribution in [0.15, 0.2) is 29.3 Å². The van der Waals surface area contributed by atoms with E-state index in [1.165, 1.54) is 0 Å². The molecule has 0 atom stereocenters. The zero-order valence-electron chi connectivity index (χ0n) is 15.8. The number of benzene rings is 1. The van der Waals surface area contributed by atoms with Gasteiger partial charge in [-0.15, -0.1) is 0 Å². The van der Waals surface area contributed by atoms with Crippen LogP contribution in [0.2, 0.25) is 0 Å². The van der Waals surface area contributed by atoms with E-state index in [-0.39, 0.29) is 16.0 Å². The Balaban J connectivity index is 1.56. The number of nitrogens with one attached hydrogen (secondary N) is 2. The number of hydrogen-bond acceptors (Lipinski definition) is 3. The van der Waals surface area contributed by atoms with Gasteiger partial charge in [0.2, 0.25) is 0 Å². The molecular weight excluding hydrogens is 349 g/mol. The molecule has 1 heterocycles. The Kier molecular flexibility index (Phi) is 6.46. The molecule has 1 saturated heterocycles. The lowest BCUT2D eigenvalue weighted by molar-refractivity contribution is 0.0782. The fourth-order valence-electron chi connectivity index (χ4n) is 3.72. The van der Waals surface area contributed by atoms with Gasteiger partial charge in [0, 0.05) is 43.5 Å². The minimum Gasteiger partial charge on any atom is -0.381 e. The average molecular weight is 380 g/mol. The largest absolute Gasteiger partial charge is 0.381 e. The van der Waals surface area contributed by atoms with Gasteiger partial charge in [-0.25, -0.2) is 4.39 Å². The third kappa shape index (κ3) is 4.52. The molecule has 3 rings (SSSR count). The van der Waals surface area contributed by atoms with Gasteiger partial charge in [0.15, 0.2) is 5.96 Å². The van der Waals surface area contributed by atoms with Crippen molar-refractivity contribution in [1.82, 2.24) is 10.6 Å². The quantitative estimate of drug-likeness (QED) is 0.564. The van der Waals surface area contributed by atoms with Gasteiger partial charge in [-0.3, -0.25) is 4.99 Å². The summed E-state index contributed by atoms with van der Waals surface area (Å²) in [5.74, 6) is 1.80. The normalized spacial score (nSPS) is 21.3. The maximum atomic E-state index is 14.2. The lowest BCUT2D eigenvalue weighted by atomic mass is 9.95. The molecule has 26 heavy (non-hydrogen) atoms.